The van der Waals surface area contributed by atoms with Crippen LogP contribution in [-0.2, 0) is 17.9 Å². The van der Waals surface area contributed by atoms with Crippen molar-refractivity contribution in [1.29, 1.82) is 0 Å². The third kappa shape index (κ3) is 13.6. The third-order valence-corrected chi connectivity index (χ3v) is 20.5. The average molecular weight is 1190 g/mol. The predicted octanol–water partition coefficient (Wildman–Crippen LogP) is 10.6. The van der Waals surface area contributed by atoms with E-state index in [1.165, 1.54) is 12.1 Å². The minimum atomic E-state index is -0.836. The van der Waals surface area contributed by atoms with E-state index in [1.54, 1.807) is 41.0 Å². The van der Waals surface area contributed by atoms with Gasteiger partial charge in [-0.05, 0) is 136 Å². The van der Waals surface area contributed by atoms with E-state index in [4.69, 9.17) is 4.74 Å². The first-order valence-corrected chi connectivity index (χ1v) is 31.6. The van der Waals surface area contributed by atoms with Gasteiger partial charge in [-0.25, -0.2) is 23.9 Å². The molecule has 4 aromatic carbocycles. The maximum atomic E-state index is 14.3. The monoisotopic (exact) mass is 1180 g/mol. The smallest absolute Gasteiger partial charge is 0.320 e. The molecule has 0 radical (unpaired) electrons. The lowest BCUT2D eigenvalue weighted by Crippen LogP contribution is -2.57. The summed E-state index contributed by atoms with van der Waals surface area (Å²) < 4.78 is 22.7. The van der Waals surface area contributed by atoms with E-state index in [0.29, 0.717) is 93.8 Å². The number of methoxy groups -OCH3 is 1. The van der Waals surface area contributed by atoms with Gasteiger partial charge < -0.3 is 34.8 Å². The van der Waals surface area contributed by atoms with Crippen molar-refractivity contribution in [2.45, 2.75) is 127 Å². The van der Waals surface area contributed by atoms with Crippen molar-refractivity contribution in [3.05, 3.63) is 172 Å². The highest BCUT2D eigenvalue weighted by Crippen LogP contribution is 2.51. The summed E-state index contributed by atoms with van der Waals surface area (Å²) in [5.74, 6) is 0.176. The van der Waals surface area contributed by atoms with Crippen molar-refractivity contribution in [3.8, 4) is 28.3 Å². The summed E-state index contributed by atoms with van der Waals surface area (Å²) in [6, 6.07) is 37.7. The van der Waals surface area contributed by atoms with Crippen LogP contribution in [0.1, 0.15) is 113 Å². The molecule has 2 spiro atoms. The summed E-state index contributed by atoms with van der Waals surface area (Å²) in [6.45, 7) is 5.21. The molecule has 6 atom stereocenters. The van der Waals surface area contributed by atoms with Crippen molar-refractivity contribution in [3.63, 3.8) is 0 Å². The number of benzene rings is 4. The molecule has 4 amide bonds. The summed E-state index contributed by atoms with van der Waals surface area (Å²) in [6.07, 6.45) is 17.0. The second-order valence-electron chi connectivity index (χ2n) is 25.5. The summed E-state index contributed by atoms with van der Waals surface area (Å²) in [7, 11) is 5.44. The quantitative estimate of drug-likeness (QED) is 0.112. The Morgan fingerprint density at radius 1 is 0.644 bits per heavy atom. The van der Waals surface area contributed by atoms with Gasteiger partial charge in [-0.2, -0.15) is 0 Å². The number of hydrogen-bond donors (Lipinski definition) is 2. The largest absolute Gasteiger partial charge is 0.496 e. The third-order valence-electron chi connectivity index (χ3n) is 20.5. The Bertz CT molecular complexity index is 3440. The molecule has 6 aromatic rings. The molecule has 2 aliphatic carbocycles. The number of carbonyl (C=O) groups excluding carboxylic acids is 2. The van der Waals surface area contributed by atoms with Crippen molar-refractivity contribution < 1.29 is 28.6 Å². The van der Waals surface area contributed by atoms with Gasteiger partial charge >= 0.3 is 18.0 Å². The molecule has 17 nitrogen and oxygen atoms in total. The fraction of sp³-hybridized carbons (Fsp3) is 0.493. The average Bonchev–Trinajstić information content (AvgIpc) is 2.47. The molecule has 18 heteroatoms. The Morgan fingerprint density at radius 2 is 1.15 bits per heavy atom. The number of likely N-dealkylation sites (N-methyl/N-ethyl adjacent to an activating group) is 1. The standard InChI is InChI=1S/C35H43N5O4.C34H42FN5O3/c1-37(23-33(42)43)29-15-19-40(31(20-29)27-12-6-3-7-13-27)34(44)38-18-14-28(35(24-38)16-8-9-17-35)22-39-25-36-30(21-32(39)41)26-10-4-2-5-11-26;1-36-27-14-18-40(30(19-27)24-9-11-26(35)12-10-24)33(42)38-17-13-25(34(22-38)15-5-6-16-34)21-39-23-37-29(20-32(39)41)28-7-3-4-8-31(28)43-2/h2-7,10-13,21,25,28-29,31H,8-9,14-20,22-24H2,1H3,(H,42,43);3-4,7-12,20,23,25,27,30,36H,5-6,13-19,21-22H2,1-2H3/t28-,29+,31-;25-,27+,30-/m00/s1. The first-order chi connectivity index (χ1) is 42.2. The molecule has 4 saturated heterocycles. The number of carboxylic acids is 1. The Labute approximate surface area is 510 Å². The summed E-state index contributed by atoms with van der Waals surface area (Å²) in [4.78, 5) is 85.7. The number of aromatic nitrogens is 4. The van der Waals surface area contributed by atoms with Gasteiger partial charge in [0.2, 0.25) is 0 Å². The van der Waals surface area contributed by atoms with Gasteiger partial charge in [0.25, 0.3) is 11.1 Å². The summed E-state index contributed by atoms with van der Waals surface area (Å²) >= 11 is 0. The summed E-state index contributed by atoms with van der Waals surface area (Å²) in [5.41, 5.74) is 4.96. The zero-order chi connectivity index (χ0) is 60.7. The molecule has 2 saturated carbocycles. The van der Waals surface area contributed by atoms with Crippen LogP contribution in [0.25, 0.3) is 22.5 Å². The highest BCUT2D eigenvalue weighted by atomic mass is 19.1. The van der Waals surface area contributed by atoms with E-state index in [0.717, 1.165) is 106 Å². The normalized spacial score (nSPS) is 23.4. The van der Waals surface area contributed by atoms with Crippen LogP contribution in [0.2, 0.25) is 0 Å². The second-order valence-corrected chi connectivity index (χ2v) is 25.5. The van der Waals surface area contributed by atoms with Crippen LogP contribution in [-0.4, -0.2) is 146 Å². The van der Waals surface area contributed by atoms with E-state index in [9.17, 15) is 33.5 Å². The number of carboxylic acid groups (broad SMARTS) is 1. The van der Waals surface area contributed by atoms with Crippen molar-refractivity contribution >= 4 is 18.0 Å². The van der Waals surface area contributed by atoms with Gasteiger partial charge in [0.15, 0.2) is 0 Å². The van der Waals surface area contributed by atoms with Gasteiger partial charge in [-0.1, -0.05) is 111 Å². The fourth-order valence-electron chi connectivity index (χ4n) is 15.7. The minimum absolute atomic E-state index is 0.00623. The highest BCUT2D eigenvalue weighted by molar-refractivity contribution is 5.76. The number of ether oxygens (including phenoxy) is 1. The van der Waals surface area contributed by atoms with Gasteiger partial charge in [-0.3, -0.25) is 28.4 Å². The van der Waals surface area contributed by atoms with Gasteiger partial charge in [0, 0.05) is 87.7 Å². The molecule has 0 unspecified atom stereocenters. The van der Waals surface area contributed by atoms with Crippen molar-refractivity contribution in [1.82, 2.24) is 48.9 Å². The molecular formula is C69H85FN10O7. The number of halogens is 1. The second kappa shape index (κ2) is 27.1. The van der Waals surface area contributed by atoms with E-state index >= 15 is 0 Å². The molecule has 6 fully saturated rings. The number of amides is 4. The van der Waals surface area contributed by atoms with Crippen LogP contribution >= 0.6 is 0 Å². The number of rotatable bonds is 13. The molecule has 87 heavy (non-hydrogen) atoms. The number of urea groups is 2. The lowest BCUT2D eigenvalue weighted by molar-refractivity contribution is -0.138. The van der Waals surface area contributed by atoms with E-state index in [2.05, 4.69) is 37.2 Å². The molecule has 460 valence electrons. The summed E-state index contributed by atoms with van der Waals surface area (Å²) in [5, 5.41) is 12.7. The van der Waals surface area contributed by atoms with Crippen LogP contribution in [0, 0.1) is 28.5 Å². The van der Waals surface area contributed by atoms with E-state index < -0.39 is 5.97 Å². The maximum Gasteiger partial charge on any atom is 0.320 e. The topological polar surface area (TPSA) is 179 Å². The minimum Gasteiger partial charge on any atom is -0.496 e. The first-order valence-electron chi connectivity index (χ1n) is 31.6. The Morgan fingerprint density at radius 3 is 1.70 bits per heavy atom. The molecule has 6 aliphatic rings. The highest BCUT2D eigenvalue weighted by Gasteiger charge is 2.50. The van der Waals surface area contributed by atoms with Gasteiger partial charge in [0.05, 0.1) is 49.8 Å². The van der Waals surface area contributed by atoms with Gasteiger partial charge in [0.1, 0.15) is 11.6 Å². The lowest BCUT2D eigenvalue weighted by Gasteiger charge is -2.50. The fourth-order valence-corrected chi connectivity index (χ4v) is 15.7. The Hall–Kier alpha value is -7.70. The number of aliphatic carboxylic acids is 1. The molecule has 2 N–H and O–H groups in total. The molecule has 12 rings (SSSR count). The van der Waals surface area contributed by atoms with E-state index in [-0.39, 0.29) is 64.5 Å². The predicted molar refractivity (Wildman–Crippen MR) is 333 cm³/mol. The number of nitrogens with zero attached hydrogens (tertiary/aromatic N) is 9. The van der Waals surface area contributed by atoms with Crippen LogP contribution in [0.15, 0.2) is 144 Å². The van der Waals surface area contributed by atoms with Crippen LogP contribution in [0.5, 0.6) is 5.75 Å². The number of carbonyl (C=O) groups is 3. The zero-order valence-electron chi connectivity index (χ0n) is 50.7. The van der Waals surface area contributed by atoms with Crippen LogP contribution in [0.3, 0.4) is 0 Å². The maximum absolute atomic E-state index is 14.3. The molecule has 4 aliphatic heterocycles. The number of para-hydroxylation sites is 1. The van der Waals surface area contributed by atoms with Gasteiger partial charge in [-0.15, -0.1) is 0 Å². The molecule has 0 bridgehead atoms. The Kier molecular flexibility index (Phi) is 19.0. The SMILES string of the molecule is CN(CC(=O)O)[C@@H]1CCN(C(=O)N2CC[C@@H](Cn3cnc(-c4ccccc4)cc3=O)C3(CCCC3)C2)[C@H](c2ccccc2)C1.CN[C@@H]1CCN(C(=O)N2CC[C@@H](Cn3cnc(-c4ccccc4OC)cc3=O)C3(CCCC3)C2)[C@H](c2ccc(F)cc2)C1. The number of piperidine rings is 4. The first kappa shape index (κ1) is 61.0. The lowest BCUT2D eigenvalue weighted by atomic mass is 9.69. The van der Waals surface area contributed by atoms with Crippen molar-refractivity contribution in [2.24, 2.45) is 22.7 Å². The Balaban J connectivity index is 0.000000180. The van der Waals surface area contributed by atoms with Crippen LogP contribution in [0.4, 0.5) is 14.0 Å². The molecule has 2 aromatic heterocycles. The van der Waals surface area contributed by atoms with Crippen LogP contribution < -0.4 is 21.2 Å². The number of likely N-dealkylation sites (tertiary alicyclic amines) is 4. The molecular weight excluding hydrogens is 1100 g/mol. The molecule has 6 heterocycles. The number of hydrogen-bond acceptors (Lipinski definition) is 10. The van der Waals surface area contributed by atoms with E-state index in [1.807, 2.05) is 114 Å². The van der Waals surface area contributed by atoms with Crippen molar-refractivity contribution in [2.75, 3.05) is 67.0 Å². The number of nitrogens with one attached hydrogen (secondary N) is 1. The zero-order valence-corrected chi connectivity index (χ0v) is 50.7.